The average molecular weight is 262 g/mol. The van der Waals surface area contributed by atoms with Crippen LogP contribution < -0.4 is 14.8 Å². The number of hydrogen-bond acceptors (Lipinski definition) is 5. The van der Waals surface area contributed by atoms with E-state index in [-0.39, 0.29) is 0 Å². The molecule has 1 saturated heterocycles. The molecule has 2 aromatic heterocycles. The molecule has 3 heterocycles. The highest BCUT2D eigenvalue weighted by molar-refractivity contribution is 5.84. The molecule has 0 aliphatic carbocycles. The summed E-state index contributed by atoms with van der Waals surface area (Å²) in [6.07, 6.45) is 4.38. The molecule has 0 bridgehead atoms. The normalized spacial score (nSPS) is 19.6. The second-order valence-electron chi connectivity index (χ2n) is 4.73. The summed E-state index contributed by atoms with van der Waals surface area (Å²) in [5.74, 6) is 1.00. The Morgan fingerprint density at radius 1 is 1.26 bits per heavy atom. The van der Waals surface area contributed by atoms with Gasteiger partial charge in [0.1, 0.15) is 11.0 Å². The van der Waals surface area contributed by atoms with Gasteiger partial charge in [0.2, 0.25) is 5.88 Å². The van der Waals surface area contributed by atoms with Gasteiger partial charge in [-0.2, -0.15) is 9.97 Å². The van der Waals surface area contributed by atoms with Crippen LogP contribution in [0.3, 0.4) is 0 Å². The van der Waals surface area contributed by atoms with Crippen LogP contribution >= 0.6 is 0 Å². The number of nitrogens with zero attached hydrogens (tertiary/aromatic N) is 2. The maximum absolute atomic E-state index is 5.29. The van der Waals surface area contributed by atoms with Gasteiger partial charge >= 0.3 is 6.01 Å². The average Bonchev–Trinajstić information content (AvgIpc) is 2.90. The first kappa shape index (κ1) is 12.2. The smallest absolute Gasteiger partial charge is 0.320 e. The minimum absolute atomic E-state index is 0.342. The lowest BCUT2D eigenvalue weighted by atomic mass is 9.93. The fourth-order valence-corrected chi connectivity index (χ4v) is 2.65. The van der Waals surface area contributed by atoms with Crippen LogP contribution in [0.15, 0.2) is 6.20 Å². The SMILES string of the molecule is COc1nc(OC)c2[nH]cc(C3CCCNC3)c2n1. The molecule has 0 spiro atoms. The molecule has 1 fully saturated rings. The molecule has 102 valence electrons. The molecule has 19 heavy (non-hydrogen) atoms. The van der Waals surface area contributed by atoms with Crippen LogP contribution in [0, 0.1) is 0 Å². The van der Waals surface area contributed by atoms with Crippen molar-refractivity contribution >= 4 is 11.0 Å². The van der Waals surface area contributed by atoms with Gasteiger partial charge in [-0.15, -0.1) is 0 Å². The summed E-state index contributed by atoms with van der Waals surface area (Å²) < 4.78 is 10.4. The number of H-pyrrole nitrogens is 1. The van der Waals surface area contributed by atoms with Crippen molar-refractivity contribution in [2.45, 2.75) is 18.8 Å². The predicted molar refractivity (Wildman–Crippen MR) is 71.8 cm³/mol. The van der Waals surface area contributed by atoms with Crippen LogP contribution in [0.4, 0.5) is 0 Å². The maximum Gasteiger partial charge on any atom is 0.320 e. The standard InChI is InChI=1S/C13H18N4O2/c1-18-12-11-10(16-13(17-12)19-2)9(7-15-11)8-4-3-5-14-6-8/h7-8,14-15H,3-6H2,1-2H3. The van der Waals surface area contributed by atoms with Crippen molar-refractivity contribution in [1.29, 1.82) is 0 Å². The van der Waals surface area contributed by atoms with Crippen molar-refractivity contribution in [2.75, 3.05) is 27.3 Å². The molecule has 0 radical (unpaired) electrons. The molecule has 3 rings (SSSR count). The number of aromatic amines is 1. The number of methoxy groups -OCH3 is 2. The fraction of sp³-hybridized carbons (Fsp3) is 0.538. The molecule has 6 heteroatoms. The highest BCUT2D eigenvalue weighted by Gasteiger charge is 2.22. The van der Waals surface area contributed by atoms with Crippen molar-refractivity contribution < 1.29 is 9.47 Å². The largest absolute Gasteiger partial charge is 0.479 e. The van der Waals surface area contributed by atoms with Crippen LogP contribution in [0.2, 0.25) is 0 Å². The number of piperidine rings is 1. The highest BCUT2D eigenvalue weighted by Crippen LogP contribution is 2.32. The van der Waals surface area contributed by atoms with E-state index in [1.165, 1.54) is 18.4 Å². The molecule has 1 aliphatic heterocycles. The minimum Gasteiger partial charge on any atom is -0.479 e. The first-order valence-corrected chi connectivity index (χ1v) is 6.51. The van der Waals surface area contributed by atoms with E-state index < -0.39 is 0 Å². The molecule has 6 nitrogen and oxygen atoms in total. The second-order valence-corrected chi connectivity index (χ2v) is 4.73. The third-order valence-electron chi connectivity index (χ3n) is 3.61. The number of hydrogen-bond donors (Lipinski definition) is 2. The molecule has 1 unspecified atom stereocenters. The number of rotatable bonds is 3. The Morgan fingerprint density at radius 2 is 2.16 bits per heavy atom. The van der Waals surface area contributed by atoms with E-state index in [2.05, 4.69) is 20.3 Å². The quantitative estimate of drug-likeness (QED) is 0.875. The van der Waals surface area contributed by atoms with Gasteiger partial charge in [-0.3, -0.25) is 0 Å². The number of nitrogens with one attached hydrogen (secondary N) is 2. The van der Waals surface area contributed by atoms with Crippen molar-refractivity contribution in [3.63, 3.8) is 0 Å². The van der Waals surface area contributed by atoms with Crippen LogP contribution in [0.1, 0.15) is 24.3 Å². The van der Waals surface area contributed by atoms with E-state index in [0.29, 0.717) is 17.8 Å². The Bertz CT molecular complexity index is 575. The van der Waals surface area contributed by atoms with E-state index in [1.807, 2.05) is 6.20 Å². The number of ether oxygens (including phenoxy) is 2. The number of aromatic nitrogens is 3. The zero-order valence-electron chi connectivity index (χ0n) is 11.2. The van der Waals surface area contributed by atoms with E-state index in [9.17, 15) is 0 Å². The van der Waals surface area contributed by atoms with E-state index >= 15 is 0 Å². The third kappa shape index (κ3) is 2.12. The maximum atomic E-state index is 5.29. The summed E-state index contributed by atoms with van der Waals surface area (Å²) in [5.41, 5.74) is 2.95. The molecule has 0 aromatic carbocycles. The molecule has 2 aromatic rings. The van der Waals surface area contributed by atoms with Crippen LogP contribution in [0.5, 0.6) is 11.9 Å². The predicted octanol–water partition coefficient (Wildman–Crippen LogP) is 1.44. The molecule has 0 amide bonds. The van der Waals surface area contributed by atoms with Gasteiger partial charge in [-0.1, -0.05) is 0 Å². The lowest BCUT2D eigenvalue weighted by Gasteiger charge is -2.22. The third-order valence-corrected chi connectivity index (χ3v) is 3.61. The van der Waals surface area contributed by atoms with Gasteiger partial charge in [0.05, 0.1) is 14.2 Å². The van der Waals surface area contributed by atoms with E-state index in [4.69, 9.17) is 9.47 Å². The summed E-state index contributed by atoms with van der Waals surface area (Å²) in [6.45, 7) is 2.09. The summed E-state index contributed by atoms with van der Waals surface area (Å²) in [4.78, 5) is 11.9. The molecule has 0 saturated carbocycles. The summed E-state index contributed by atoms with van der Waals surface area (Å²) in [7, 11) is 3.17. The van der Waals surface area contributed by atoms with Gasteiger partial charge in [0.25, 0.3) is 0 Å². The van der Waals surface area contributed by atoms with Gasteiger partial charge in [0.15, 0.2) is 0 Å². The van der Waals surface area contributed by atoms with Crippen LogP contribution in [-0.4, -0.2) is 42.3 Å². The Morgan fingerprint density at radius 3 is 2.84 bits per heavy atom. The Hall–Kier alpha value is -1.82. The fourth-order valence-electron chi connectivity index (χ4n) is 2.65. The molecular weight excluding hydrogens is 244 g/mol. The van der Waals surface area contributed by atoms with Crippen LogP contribution in [-0.2, 0) is 0 Å². The Labute approximate surface area is 111 Å². The van der Waals surface area contributed by atoms with E-state index in [1.54, 1.807) is 14.2 Å². The van der Waals surface area contributed by atoms with Crippen molar-refractivity contribution in [3.05, 3.63) is 11.8 Å². The molecule has 2 N–H and O–H groups in total. The summed E-state index contributed by atoms with van der Waals surface area (Å²) >= 11 is 0. The first-order chi connectivity index (χ1) is 9.33. The molecule has 1 atom stereocenters. The topological polar surface area (TPSA) is 72.1 Å². The lowest BCUT2D eigenvalue weighted by Crippen LogP contribution is -2.28. The molecule has 1 aliphatic rings. The van der Waals surface area contributed by atoms with Gasteiger partial charge < -0.3 is 19.8 Å². The monoisotopic (exact) mass is 262 g/mol. The lowest BCUT2D eigenvalue weighted by molar-refractivity contribution is 0.356. The summed E-state index contributed by atoms with van der Waals surface area (Å²) in [5, 5.41) is 3.43. The van der Waals surface area contributed by atoms with Gasteiger partial charge in [-0.05, 0) is 19.4 Å². The first-order valence-electron chi connectivity index (χ1n) is 6.51. The summed E-state index contributed by atoms with van der Waals surface area (Å²) in [6, 6.07) is 0.342. The van der Waals surface area contributed by atoms with Crippen molar-refractivity contribution in [2.24, 2.45) is 0 Å². The van der Waals surface area contributed by atoms with Crippen molar-refractivity contribution in [3.8, 4) is 11.9 Å². The zero-order chi connectivity index (χ0) is 13.2. The zero-order valence-corrected chi connectivity index (χ0v) is 11.2. The Balaban J connectivity index is 2.09. The second kappa shape index (κ2) is 5.05. The number of fused-ring (bicyclic) bond motifs is 1. The van der Waals surface area contributed by atoms with Gasteiger partial charge in [0, 0.05) is 24.2 Å². The van der Waals surface area contributed by atoms with Crippen molar-refractivity contribution in [1.82, 2.24) is 20.3 Å². The highest BCUT2D eigenvalue weighted by atomic mass is 16.5. The van der Waals surface area contributed by atoms with Crippen LogP contribution in [0.25, 0.3) is 11.0 Å². The van der Waals surface area contributed by atoms with Gasteiger partial charge in [-0.25, -0.2) is 0 Å². The minimum atomic E-state index is 0.342. The van der Waals surface area contributed by atoms with E-state index in [0.717, 1.165) is 24.1 Å². The molecular formula is C13H18N4O2. The Kier molecular flexibility index (Phi) is 3.25.